The number of aliphatic carboxylic acids is 2. The van der Waals surface area contributed by atoms with E-state index in [1.165, 1.54) is 5.56 Å². The molecule has 2 aromatic rings. The van der Waals surface area contributed by atoms with Crippen molar-refractivity contribution in [2.45, 2.75) is 37.5 Å². The first kappa shape index (κ1) is 32.3. The summed E-state index contributed by atoms with van der Waals surface area (Å²) in [5.74, 6) is -4.74. The van der Waals surface area contributed by atoms with E-state index in [1.807, 2.05) is 24.3 Å². The number of anilines is 1. The van der Waals surface area contributed by atoms with E-state index in [1.54, 1.807) is 19.5 Å². The third kappa shape index (κ3) is 10.3. The predicted molar refractivity (Wildman–Crippen MR) is 125 cm³/mol. The van der Waals surface area contributed by atoms with E-state index in [9.17, 15) is 31.1 Å². The van der Waals surface area contributed by atoms with Gasteiger partial charge < -0.3 is 25.0 Å². The fraction of sp³-hybridized carbons (Fsp3) is 0.417. The third-order valence-electron chi connectivity index (χ3n) is 5.52. The number of likely N-dealkylation sites (tertiary alicyclic amines) is 1. The number of ether oxygens (including phenoxy) is 2. The van der Waals surface area contributed by atoms with Crippen LogP contribution in [0.15, 0.2) is 48.8 Å². The summed E-state index contributed by atoms with van der Waals surface area (Å²) >= 11 is 0. The molecule has 2 saturated heterocycles. The number of halogens is 6. The van der Waals surface area contributed by atoms with E-state index in [0.717, 1.165) is 37.5 Å². The normalized spacial score (nSPS) is 20.2. The molecule has 0 radical (unpaired) electrons. The van der Waals surface area contributed by atoms with Crippen LogP contribution in [0.3, 0.4) is 0 Å². The number of carbonyl (C=O) groups excluding carboxylic acids is 1. The van der Waals surface area contributed by atoms with Gasteiger partial charge >= 0.3 is 24.3 Å². The Morgan fingerprint density at radius 2 is 1.68 bits per heavy atom. The van der Waals surface area contributed by atoms with Crippen molar-refractivity contribution < 1.29 is 60.4 Å². The molecule has 2 fully saturated rings. The lowest BCUT2D eigenvalue weighted by molar-refractivity contribution is -0.193. The summed E-state index contributed by atoms with van der Waals surface area (Å²) in [4.78, 5) is 36.8. The molecule has 3 atom stereocenters. The molecule has 1 aromatic carbocycles. The lowest BCUT2D eigenvalue weighted by Crippen LogP contribution is -2.44. The maximum atomic E-state index is 12.7. The van der Waals surface area contributed by atoms with Gasteiger partial charge in [0.1, 0.15) is 5.75 Å². The van der Waals surface area contributed by atoms with E-state index < -0.39 is 24.3 Å². The van der Waals surface area contributed by atoms with Crippen LogP contribution in [0, 0.1) is 5.92 Å². The van der Waals surface area contributed by atoms with E-state index in [-0.39, 0.29) is 24.0 Å². The Hall–Kier alpha value is -3.92. The number of alkyl halides is 6. The van der Waals surface area contributed by atoms with Crippen molar-refractivity contribution in [2.24, 2.45) is 5.92 Å². The van der Waals surface area contributed by atoms with Gasteiger partial charge in [-0.1, -0.05) is 12.1 Å². The van der Waals surface area contributed by atoms with Gasteiger partial charge in [0.05, 0.1) is 37.1 Å². The first-order chi connectivity index (χ1) is 18.6. The number of morpholine rings is 1. The lowest BCUT2D eigenvalue weighted by atomic mass is 9.99. The summed E-state index contributed by atoms with van der Waals surface area (Å²) in [6.07, 6.45) is -5.99. The number of hydrogen-bond donors (Lipinski definition) is 3. The Balaban J connectivity index is 0.000000333. The summed E-state index contributed by atoms with van der Waals surface area (Å²) in [6, 6.07) is 11.8. The van der Waals surface area contributed by atoms with Gasteiger partial charge in [-0.25, -0.2) is 9.59 Å². The molecular formula is C24H25F6N3O7. The van der Waals surface area contributed by atoms with Crippen LogP contribution in [0.4, 0.5) is 32.0 Å². The van der Waals surface area contributed by atoms with Crippen molar-refractivity contribution in [2.75, 3.05) is 25.5 Å². The van der Waals surface area contributed by atoms with Crippen LogP contribution in [0.25, 0.3) is 0 Å². The van der Waals surface area contributed by atoms with Crippen molar-refractivity contribution in [3.8, 4) is 5.75 Å². The number of fused-ring (bicyclic) bond motifs is 2. The molecule has 3 N–H and O–H groups in total. The van der Waals surface area contributed by atoms with Crippen LogP contribution in [-0.4, -0.2) is 82.7 Å². The van der Waals surface area contributed by atoms with Gasteiger partial charge in [0.15, 0.2) is 0 Å². The monoisotopic (exact) mass is 581 g/mol. The fourth-order valence-corrected chi connectivity index (χ4v) is 3.84. The van der Waals surface area contributed by atoms with E-state index in [0.29, 0.717) is 0 Å². The molecular weight excluding hydrogens is 556 g/mol. The van der Waals surface area contributed by atoms with Crippen LogP contribution in [-0.2, 0) is 25.7 Å². The molecule has 4 rings (SSSR count). The SMILES string of the molecule is COc1cccc(CN2CC3CC(C(=O)Nc4cccnc4)C(C2)O3)c1.O=C(O)C(F)(F)F.O=C(O)C(F)(F)F. The molecule has 10 nitrogen and oxygen atoms in total. The number of nitrogens with one attached hydrogen (secondary N) is 1. The molecule has 3 heterocycles. The van der Waals surface area contributed by atoms with Crippen molar-refractivity contribution in [3.05, 3.63) is 54.4 Å². The zero-order valence-corrected chi connectivity index (χ0v) is 20.8. The molecule has 1 aromatic heterocycles. The standard InChI is InChI=1S/C20H23N3O3.2C2HF3O2/c1-25-16-6-2-4-14(8-16)11-23-12-17-9-18(19(13-23)26-17)20(24)22-15-5-3-7-21-10-15;2*3-2(4,5)1(6)7/h2-8,10,17-19H,9,11-13H2,1H3,(H,22,24);2*(H,6,7). The zero-order chi connectivity index (χ0) is 30.1. The number of nitrogens with zero attached hydrogens (tertiary/aromatic N) is 2. The zero-order valence-electron chi connectivity index (χ0n) is 20.8. The highest BCUT2D eigenvalue weighted by atomic mass is 19.4. The summed E-state index contributed by atoms with van der Waals surface area (Å²) in [5, 5.41) is 17.2. The minimum atomic E-state index is -5.08. The van der Waals surface area contributed by atoms with Gasteiger partial charge in [-0.05, 0) is 36.2 Å². The molecule has 16 heteroatoms. The molecule has 0 spiro atoms. The average molecular weight is 581 g/mol. The number of hydrogen-bond acceptors (Lipinski definition) is 7. The van der Waals surface area contributed by atoms with Gasteiger partial charge in [0, 0.05) is 25.8 Å². The molecule has 220 valence electrons. The minimum absolute atomic E-state index is 0.0220. The van der Waals surface area contributed by atoms with E-state index in [2.05, 4.69) is 27.3 Å². The average Bonchev–Trinajstić information content (AvgIpc) is 3.18. The van der Waals surface area contributed by atoms with Crippen LogP contribution in [0.2, 0.25) is 0 Å². The Labute approximate surface area is 223 Å². The highest BCUT2D eigenvalue weighted by molar-refractivity contribution is 5.93. The smallest absolute Gasteiger partial charge is 0.490 e. The van der Waals surface area contributed by atoms with Gasteiger partial charge in [-0.2, -0.15) is 26.3 Å². The quantitative estimate of drug-likeness (QED) is 0.453. The molecule has 2 aliphatic rings. The first-order valence-corrected chi connectivity index (χ1v) is 11.4. The second-order valence-electron chi connectivity index (χ2n) is 8.52. The van der Waals surface area contributed by atoms with Gasteiger partial charge in [-0.3, -0.25) is 14.7 Å². The van der Waals surface area contributed by atoms with E-state index >= 15 is 0 Å². The molecule has 40 heavy (non-hydrogen) atoms. The Kier molecular flexibility index (Phi) is 11.2. The highest BCUT2D eigenvalue weighted by Crippen LogP contribution is 2.33. The molecule has 1 amide bonds. The number of pyridine rings is 1. The fourth-order valence-electron chi connectivity index (χ4n) is 3.84. The van der Waals surface area contributed by atoms with Crippen LogP contribution in [0.5, 0.6) is 5.75 Å². The molecule has 0 saturated carbocycles. The van der Waals surface area contributed by atoms with Crippen LogP contribution < -0.4 is 10.1 Å². The van der Waals surface area contributed by atoms with Gasteiger partial charge in [0.25, 0.3) is 0 Å². The number of amides is 1. The molecule has 0 aliphatic carbocycles. The number of methoxy groups -OCH3 is 1. The maximum absolute atomic E-state index is 12.7. The predicted octanol–water partition coefficient (Wildman–Crippen LogP) is 3.58. The number of carbonyl (C=O) groups is 3. The number of aromatic nitrogens is 1. The number of benzene rings is 1. The first-order valence-electron chi connectivity index (χ1n) is 11.4. The van der Waals surface area contributed by atoms with Crippen molar-refractivity contribution in [3.63, 3.8) is 0 Å². The number of carboxylic acids is 2. The van der Waals surface area contributed by atoms with Crippen LogP contribution in [0.1, 0.15) is 12.0 Å². The van der Waals surface area contributed by atoms with Gasteiger partial charge in [0.2, 0.25) is 5.91 Å². The second-order valence-corrected chi connectivity index (χ2v) is 8.52. The Morgan fingerprint density at radius 3 is 2.20 bits per heavy atom. The minimum Gasteiger partial charge on any atom is -0.497 e. The van der Waals surface area contributed by atoms with Crippen LogP contribution >= 0.6 is 0 Å². The second kappa shape index (κ2) is 13.9. The largest absolute Gasteiger partial charge is 0.497 e. The van der Waals surface area contributed by atoms with Crippen molar-refractivity contribution in [1.29, 1.82) is 0 Å². The molecule has 2 bridgehead atoms. The number of carboxylic acid groups (broad SMARTS) is 2. The Bertz CT molecular complexity index is 1120. The highest BCUT2D eigenvalue weighted by Gasteiger charge is 2.44. The summed E-state index contributed by atoms with van der Waals surface area (Å²) in [7, 11) is 1.68. The van der Waals surface area contributed by atoms with Crippen molar-refractivity contribution >= 4 is 23.5 Å². The molecule has 2 aliphatic heterocycles. The lowest BCUT2D eigenvalue weighted by Gasteiger charge is -2.32. The van der Waals surface area contributed by atoms with Crippen molar-refractivity contribution in [1.82, 2.24) is 9.88 Å². The topological polar surface area (TPSA) is 138 Å². The van der Waals surface area contributed by atoms with E-state index in [4.69, 9.17) is 29.3 Å². The summed E-state index contributed by atoms with van der Waals surface area (Å²) < 4.78 is 74.8. The third-order valence-corrected chi connectivity index (χ3v) is 5.52. The molecule has 3 unspecified atom stereocenters. The van der Waals surface area contributed by atoms with Gasteiger partial charge in [-0.15, -0.1) is 0 Å². The summed E-state index contributed by atoms with van der Waals surface area (Å²) in [5.41, 5.74) is 1.94. The Morgan fingerprint density at radius 1 is 1.05 bits per heavy atom. The maximum Gasteiger partial charge on any atom is 0.490 e. The number of rotatable bonds is 5. The summed E-state index contributed by atoms with van der Waals surface area (Å²) in [6.45, 7) is 2.45.